The van der Waals surface area contributed by atoms with Crippen LogP contribution in [0.25, 0.3) is 0 Å². The van der Waals surface area contributed by atoms with E-state index in [1.54, 1.807) is 0 Å². The fraction of sp³-hybridized carbons (Fsp3) is 1.00. The SMILES string of the molecule is C[C@@H]1CCC[C@@H](Cl)O1. The summed E-state index contributed by atoms with van der Waals surface area (Å²) in [6.45, 7) is 2.06. The first-order valence-electron chi connectivity index (χ1n) is 3.08. The smallest absolute Gasteiger partial charge is 0.131 e. The molecule has 1 aliphatic rings. The van der Waals surface area contributed by atoms with E-state index in [2.05, 4.69) is 6.92 Å². The molecule has 0 aromatic rings. The van der Waals surface area contributed by atoms with Crippen LogP contribution < -0.4 is 0 Å². The van der Waals surface area contributed by atoms with Crippen LogP contribution in [-0.4, -0.2) is 11.7 Å². The summed E-state index contributed by atoms with van der Waals surface area (Å²) in [4.78, 5) is 0. The molecule has 0 aliphatic carbocycles. The topological polar surface area (TPSA) is 9.23 Å². The van der Waals surface area contributed by atoms with Crippen LogP contribution >= 0.6 is 11.6 Å². The van der Waals surface area contributed by atoms with E-state index in [0.29, 0.717) is 6.10 Å². The molecule has 0 unspecified atom stereocenters. The van der Waals surface area contributed by atoms with Crippen molar-refractivity contribution in [1.82, 2.24) is 0 Å². The van der Waals surface area contributed by atoms with E-state index < -0.39 is 0 Å². The average Bonchev–Trinajstić information content (AvgIpc) is 1.64. The van der Waals surface area contributed by atoms with Gasteiger partial charge in [0.2, 0.25) is 0 Å². The van der Waals surface area contributed by atoms with Gasteiger partial charge >= 0.3 is 0 Å². The molecule has 0 saturated carbocycles. The van der Waals surface area contributed by atoms with E-state index in [4.69, 9.17) is 16.3 Å². The monoisotopic (exact) mass is 134 g/mol. The molecule has 1 heterocycles. The highest BCUT2D eigenvalue weighted by atomic mass is 35.5. The van der Waals surface area contributed by atoms with Crippen LogP contribution in [0.2, 0.25) is 0 Å². The second-order valence-corrected chi connectivity index (χ2v) is 2.77. The zero-order chi connectivity index (χ0) is 5.98. The number of alkyl halides is 1. The zero-order valence-electron chi connectivity index (χ0n) is 5.06. The highest BCUT2D eigenvalue weighted by Gasteiger charge is 2.15. The zero-order valence-corrected chi connectivity index (χ0v) is 5.82. The normalized spacial score (nSPS) is 39.8. The molecule has 1 nitrogen and oxygen atoms in total. The van der Waals surface area contributed by atoms with Crippen molar-refractivity contribution in [3.63, 3.8) is 0 Å². The Hall–Kier alpha value is 0.250. The Morgan fingerprint density at radius 1 is 1.50 bits per heavy atom. The van der Waals surface area contributed by atoms with Crippen molar-refractivity contribution in [2.24, 2.45) is 0 Å². The molecule has 1 fully saturated rings. The molecule has 2 atom stereocenters. The minimum atomic E-state index is -0.0150. The molecule has 0 aromatic heterocycles. The van der Waals surface area contributed by atoms with Gasteiger partial charge in [0.25, 0.3) is 0 Å². The second kappa shape index (κ2) is 2.70. The molecule has 0 spiro atoms. The minimum Gasteiger partial charge on any atom is -0.360 e. The van der Waals surface area contributed by atoms with Crippen LogP contribution in [0.4, 0.5) is 0 Å². The lowest BCUT2D eigenvalue weighted by Gasteiger charge is -2.22. The van der Waals surface area contributed by atoms with Crippen molar-refractivity contribution in [3.8, 4) is 0 Å². The maximum absolute atomic E-state index is 5.69. The van der Waals surface area contributed by atoms with Gasteiger partial charge in [-0.1, -0.05) is 11.6 Å². The number of rotatable bonds is 0. The van der Waals surface area contributed by atoms with Crippen molar-refractivity contribution in [2.75, 3.05) is 0 Å². The molecule has 0 amide bonds. The fourth-order valence-corrected chi connectivity index (χ4v) is 1.28. The molecule has 0 N–H and O–H groups in total. The summed E-state index contributed by atoms with van der Waals surface area (Å²) in [5.41, 5.74) is -0.0150. The van der Waals surface area contributed by atoms with E-state index in [1.165, 1.54) is 12.8 Å². The molecular formula is C6H11ClO. The Kier molecular flexibility index (Phi) is 2.15. The van der Waals surface area contributed by atoms with Crippen LogP contribution in [0.1, 0.15) is 26.2 Å². The lowest BCUT2D eigenvalue weighted by molar-refractivity contribution is 0.00387. The van der Waals surface area contributed by atoms with Crippen LogP contribution in [-0.2, 0) is 4.74 Å². The number of hydrogen-bond donors (Lipinski definition) is 0. The van der Waals surface area contributed by atoms with Crippen molar-refractivity contribution in [3.05, 3.63) is 0 Å². The first kappa shape index (κ1) is 6.37. The van der Waals surface area contributed by atoms with Crippen molar-refractivity contribution in [2.45, 2.75) is 37.9 Å². The number of halogens is 1. The Bertz CT molecular complexity index is 66.9. The summed E-state index contributed by atoms with van der Waals surface area (Å²) in [7, 11) is 0. The molecule has 1 rings (SSSR count). The molecule has 2 heteroatoms. The highest BCUT2D eigenvalue weighted by Crippen LogP contribution is 2.20. The summed E-state index contributed by atoms with van der Waals surface area (Å²) in [6.07, 6.45) is 3.79. The Morgan fingerprint density at radius 3 is 2.62 bits per heavy atom. The van der Waals surface area contributed by atoms with Gasteiger partial charge in [-0.2, -0.15) is 0 Å². The van der Waals surface area contributed by atoms with Gasteiger partial charge in [-0.3, -0.25) is 0 Å². The summed E-state index contributed by atoms with van der Waals surface area (Å²) in [5.74, 6) is 0. The summed E-state index contributed by atoms with van der Waals surface area (Å²) in [6, 6.07) is 0. The molecule has 8 heavy (non-hydrogen) atoms. The third-order valence-corrected chi connectivity index (χ3v) is 1.74. The fourth-order valence-electron chi connectivity index (χ4n) is 0.954. The third kappa shape index (κ3) is 1.64. The van der Waals surface area contributed by atoms with Gasteiger partial charge < -0.3 is 4.74 Å². The molecule has 0 bridgehead atoms. The largest absolute Gasteiger partial charge is 0.360 e. The van der Waals surface area contributed by atoms with Crippen molar-refractivity contribution >= 4 is 11.6 Å². The quantitative estimate of drug-likeness (QED) is 0.462. The van der Waals surface area contributed by atoms with Gasteiger partial charge in [0.05, 0.1) is 6.10 Å². The molecule has 48 valence electrons. The average molecular weight is 135 g/mol. The molecule has 1 aliphatic heterocycles. The maximum atomic E-state index is 5.69. The highest BCUT2D eigenvalue weighted by molar-refractivity contribution is 6.19. The van der Waals surface area contributed by atoms with Crippen molar-refractivity contribution < 1.29 is 4.74 Å². The van der Waals surface area contributed by atoms with Crippen LogP contribution in [0.3, 0.4) is 0 Å². The summed E-state index contributed by atoms with van der Waals surface area (Å²) in [5, 5.41) is 0. The van der Waals surface area contributed by atoms with Gasteiger partial charge in [0.15, 0.2) is 0 Å². The summed E-state index contributed by atoms with van der Waals surface area (Å²) >= 11 is 5.69. The van der Waals surface area contributed by atoms with Gasteiger partial charge in [-0.05, 0) is 26.2 Å². The van der Waals surface area contributed by atoms with E-state index >= 15 is 0 Å². The Balaban J connectivity index is 2.23. The minimum absolute atomic E-state index is 0.0150. The standard InChI is InChI=1S/C6H11ClO/c1-5-3-2-4-6(7)8-5/h5-6H,2-4H2,1H3/t5-,6+/m1/s1. The molecule has 1 saturated heterocycles. The first-order chi connectivity index (χ1) is 3.79. The van der Waals surface area contributed by atoms with Crippen molar-refractivity contribution in [1.29, 1.82) is 0 Å². The predicted molar refractivity (Wildman–Crippen MR) is 34.0 cm³/mol. The number of hydrogen-bond acceptors (Lipinski definition) is 1. The second-order valence-electron chi connectivity index (χ2n) is 2.29. The molecule has 0 aromatic carbocycles. The predicted octanol–water partition coefficient (Wildman–Crippen LogP) is 2.14. The van der Waals surface area contributed by atoms with Crippen LogP contribution in [0.15, 0.2) is 0 Å². The van der Waals surface area contributed by atoms with E-state index in [-0.39, 0.29) is 5.56 Å². The third-order valence-electron chi connectivity index (χ3n) is 1.42. The van der Waals surface area contributed by atoms with Gasteiger partial charge in [-0.25, -0.2) is 0 Å². The van der Waals surface area contributed by atoms with Gasteiger partial charge in [0.1, 0.15) is 5.56 Å². The van der Waals surface area contributed by atoms with Crippen LogP contribution in [0, 0.1) is 0 Å². The Morgan fingerprint density at radius 2 is 2.25 bits per heavy atom. The Labute approximate surface area is 55.0 Å². The molecular weight excluding hydrogens is 124 g/mol. The van der Waals surface area contributed by atoms with Gasteiger partial charge in [0, 0.05) is 0 Å². The van der Waals surface area contributed by atoms with Gasteiger partial charge in [-0.15, -0.1) is 0 Å². The maximum Gasteiger partial charge on any atom is 0.131 e. The van der Waals surface area contributed by atoms with E-state index in [1.807, 2.05) is 0 Å². The lowest BCUT2D eigenvalue weighted by Crippen LogP contribution is -2.20. The van der Waals surface area contributed by atoms with E-state index in [9.17, 15) is 0 Å². The number of ether oxygens (including phenoxy) is 1. The summed E-state index contributed by atoms with van der Waals surface area (Å²) < 4.78 is 5.25. The lowest BCUT2D eigenvalue weighted by atomic mass is 10.1. The van der Waals surface area contributed by atoms with Crippen LogP contribution in [0.5, 0.6) is 0 Å². The first-order valence-corrected chi connectivity index (χ1v) is 3.52. The molecule has 0 radical (unpaired) electrons. The van der Waals surface area contributed by atoms with E-state index in [0.717, 1.165) is 6.42 Å².